The molecule has 0 aromatic carbocycles. The first kappa shape index (κ1) is 75.3. The Labute approximate surface area is 493 Å². The molecule has 0 saturated heterocycles. The van der Waals surface area contributed by atoms with Crippen LogP contribution >= 0.6 is 0 Å². The Kier molecular flexibility index (Phi) is 62.9. The van der Waals surface area contributed by atoms with Crippen molar-refractivity contribution >= 4 is 17.9 Å². The Morgan fingerprint density at radius 1 is 0.263 bits per heavy atom. The molecule has 452 valence electrons. The van der Waals surface area contributed by atoms with Crippen molar-refractivity contribution in [3.8, 4) is 0 Å². The Morgan fingerprint density at radius 3 is 0.775 bits per heavy atom. The molecule has 0 spiro atoms. The van der Waals surface area contributed by atoms with Crippen LogP contribution < -0.4 is 0 Å². The standard InChI is InChI=1S/C74H120O6/c1-4-7-10-13-16-19-22-25-27-28-29-30-31-32-33-34-35-36-37-38-39-40-41-42-43-44-45-46-48-49-52-55-58-61-64-67-73(76)79-70-71(69-78-72(75)66-63-60-57-54-51-24-21-18-15-12-9-6-3)80-74(77)68-65-62-59-56-53-50-47-26-23-20-17-14-11-8-5-2/h7,10,16-21,25-27,29-30,32-33,35-36,38-39,41-42,44-45,47,71H,4-6,8-9,11-15,22-24,28,31,34,37,40,43,46,48-70H2,1-3H3/b10-7-,19-16-,20-17-,21-18-,27-25-,30-29-,33-32-,36-35-,39-38-,42-41-,45-44-,47-26-. The van der Waals surface area contributed by atoms with Gasteiger partial charge < -0.3 is 14.2 Å². The van der Waals surface area contributed by atoms with Gasteiger partial charge in [0.25, 0.3) is 0 Å². The largest absolute Gasteiger partial charge is 0.462 e. The minimum atomic E-state index is -0.798. The Balaban J connectivity index is 4.27. The van der Waals surface area contributed by atoms with Crippen molar-refractivity contribution in [2.24, 2.45) is 0 Å². The first-order valence-corrected chi connectivity index (χ1v) is 32.8. The third-order valence-electron chi connectivity index (χ3n) is 13.5. The summed E-state index contributed by atoms with van der Waals surface area (Å²) in [5.74, 6) is -0.929. The van der Waals surface area contributed by atoms with Crippen LogP contribution in [-0.4, -0.2) is 37.2 Å². The number of rotatable bonds is 58. The fourth-order valence-corrected chi connectivity index (χ4v) is 8.64. The van der Waals surface area contributed by atoms with Gasteiger partial charge in [0, 0.05) is 19.3 Å². The van der Waals surface area contributed by atoms with Crippen molar-refractivity contribution < 1.29 is 28.6 Å². The van der Waals surface area contributed by atoms with E-state index in [1.165, 1.54) is 83.5 Å². The van der Waals surface area contributed by atoms with Gasteiger partial charge in [-0.2, -0.15) is 0 Å². The first-order chi connectivity index (χ1) is 39.5. The van der Waals surface area contributed by atoms with Crippen molar-refractivity contribution in [2.75, 3.05) is 13.2 Å². The van der Waals surface area contributed by atoms with E-state index in [0.29, 0.717) is 19.3 Å². The molecule has 0 aromatic heterocycles. The maximum atomic E-state index is 12.9. The average Bonchev–Trinajstić information content (AvgIpc) is 3.46. The molecule has 0 aliphatic heterocycles. The lowest BCUT2D eigenvalue weighted by Gasteiger charge is -2.18. The molecule has 80 heavy (non-hydrogen) atoms. The molecule has 0 N–H and O–H groups in total. The van der Waals surface area contributed by atoms with Gasteiger partial charge >= 0.3 is 17.9 Å². The number of esters is 3. The lowest BCUT2D eigenvalue weighted by molar-refractivity contribution is -0.167. The number of hydrogen-bond acceptors (Lipinski definition) is 6. The maximum absolute atomic E-state index is 12.9. The SMILES string of the molecule is CC/C=C\C/C=C\C/C=C\C/C=C\C/C=C\C/C=C\C/C=C\C/C=C\C/C=C\CCCCCCCCCC(=O)OCC(COC(=O)CCCCCCC/C=C\CCCCC)OC(=O)CCCCCCC/C=C\C/C=C\CCCCC. The van der Waals surface area contributed by atoms with Gasteiger partial charge in [-0.3, -0.25) is 14.4 Å². The lowest BCUT2D eigenvalue weighted by Crippen LogP contribution is -2.30. The summed E-state index contributed by atoms with van der Waals surface area (Å²) in [5.41, 5.74) is 0. The van der Waals surface area contributed by atoms with Crippen LogP contribution in [0.25, 0.3) is 0 Å². The monoisotopic (exact) mass is 1100 g/mol. The van der Waals surface area contributed by atoms with Gasteiger partial charge in [0.2, 0.25) is 0 Å². The highest BCUT2D eigenvalue weighted by molar-refractivity contribution is 5.71. The number of carbonyl (C=O) groups excluding carboxylic acids is 3. The van der Waals surface area contributed by atoms with Crippen LogP contribution in [0.4, 0.5) is 0 Å². The van der Waals surface area contributed by atoms with Crippen molar-refractivity contribution in [1.29, 1.82) is 0 Å². The summed E-state index contributed by atoms with van der Waals surface area (Å²) in [6.45, 7) is 6.45. The highest BCUT2D eigenvalue weighted by atomic mass is 16.6. The number of unbranched alkanes of at least 4 members (excludes halogenated alkanes) is 23. The smallest absolute Gasteiger partial charge is 0.306 e. The topological polar surface area (TPSA) is 78.9 Å². The summed E-state index contributed by atoms with van der Waals surface area (Å²) in [5, 5.41) is 0. The molecular formula is C74H120O6. The molecule has 0 aromatic rings. The van der Waals surface area contributed by atoms with Crippen LogP contribution in [0.1, 0.15) is 284 Å². The molecule has 6 nitrogen and oxygen atoms in total. The van der Waals surface area contributed by atoms with Crippen LogP contribution in [0.5, 0.6) is 0 Å². The molecule has 6 heteroatoms. The molecule has 0 aliphatic rings. The third-order valence-corrected chi connectivity index (χ3v) is 13.5. The average molecular weight is 1110 g/mol. The van der Waals surface area contributed by atoms with Gasteiger partial charge in [-0.25, -0.2) is 0 Å². The predicted octanol–water partition coefficient (Wildman–Crippen LogP) is 22.7. The Bertz CT molecular complexity index is 1750. The van der Waals surface area contributed by atoms with Gasteiger partial charge in [-0.05, 0) is 148 Å². The summed E-state index contributed by atoms with van der Waals surface area (Å²) >= 11 is 0. The highest BCUT2D eigenvalue weighted by Crippen LogP contribution is 2.14. The normalized spacial score (nSPS) is 13.1. The minimum Gasteiger partial charge on any atom is -0.462 e. The number of ether oxygens (including phenoxy) is 3. The second kappa shape index (κ2) is 66.8. The molecule has 0 fully saturated rings. The molecule has 0 saturated carbocycles. The zero-order chi connectivity index (χ0) is 57.8. The quantitative estimate of drug-likeness (QED) is 0.0261. The van der Waals surface area contributed by atoms with Gasteiger partial charge in [0.15, 0.2) is 6.10 Å². The van der Waals surface area contributed by atoms with Gasteiger partial charge in [0.05, 0.1) is 0 Å². The molecule has 0 radical (unpaired) electrons. The zero-order valence-electron chi connectivity index (χ0n) is 51.8. The molecule has 0 amide bonds. The van der Waals surface area contributed by atoms with Gasteiger partial charge in [0.1, 0.15) is 13.2 Å². The Hall–Kier alpha value is -4.71. The first-order valence-electron chi connectivity index (χ1n) is 32.8. The fraction of sp³-hybridized carbons (Fsp3) is 0.635. The third kappa shape index (κ3) is 64.1. The van der Waals surface area contributed by atoms with E-state index in [-0.39, 0.29) is 31.1 Å². The molecule has 1 unspecified atom stereocenters. The van der Waals surface area contributed by atoms with Crippen molar-refractivity contribution in [3.63, 3.8) is 0 Å². The van der Waals surface area contributed by atoms with Crippen LogP contribution in [0, 0.1) is 0 Å². The molecule has 0 heterocycles. The summed E-state index contributed by atoms with van der Waals surface area (Å²) < 4.78 is 16.9. The minimum absolute atomic E-state index is 0.0947. The second-order valence-corrected chi connectivity index (χ2v) is 21.3. The van der Waals surface area contributed by atoms with E-state index in [1.54, 1.807) is 0 Å². The number of hydrogen-bond donors (Lipinski definition) is 0. The molecular weight excluding hydrogens is 985 g/mol. The molecule has 0 aliphatic carbocycles. The van der Waals surface area contributed by atoms with Gasteiger partial charge in [-0.15, -0.1) is 0 Å². The van der Waals surface area contributed by atoms with Crippen LogP contribution in [-0.2, 0) is 28.6 Å². The maximum Gasteiger partial charge on any atom is 0.306 e. The Morgan fingerprint density at radius 2 is 0.487 bits per heavy atom. The zero-order valence-corrected chi connectivity index (χ0v) is 51.8. The molecule has 0 bridgehead atoms. The van der Waals surface area contributed by atoms with E-state index >= 15 is 0 Å². The van der Waals surface area contributed by atoms with E-state index in [2.05, 4.69) is 167 Å². The summed E-state index contributed by atoms with van der Waals surface area (Å²) in [6, 6.07) is 0. The highest BCUT2D eigenvalue weighted by Gasteiger charge is 2.19. The van der Waals surface area contributed by atoms with Crippen LogP contribution in [0.15, 0.2) is 146 Å². The van der Waals surface area contributed by atoms with Crippen molar-refractivity contribution in [1.82, 2.24) is 0 Å². The summed E-state index contributed by atoms with van der Waals surface area (Å²) in [6.07, 6.45) is 95.7. The summed E-state index contributed by atoms with van der Waals surface area (Å²) in [4.78, 5) is 38.2. The van der Waals surface area contributed by atoms with E-state index in [1.807, 2.05) is 0 Å². The number of carbonyl (C=O) groups is 3. The predicted molar refractivity (Wildman–Crippen MR) is 348 cm³/mol. The number of allylic oxidation sites excluding steroid dienone is 24. The van der Waals surface area contributed by atoms with E-state index in [4.69, 9.17) is 14.2 Å². The lowest BCUT2D eigenvalue weighted by atomic mass is 10.1. The second-order valence-electron chi connectivity index (χ2n) is 21.3. The molecule has 0 rings (SSSR count). The fourth-order valence-electron chi connectivity index (χ4n) is 8.64. The van der Waals surface area contributed by atoms with E-state index in [0.717, 1.165) is 161 Å². The summed E-state index contributed by atoms with van der Waals surface area (Å²) in [7, 11) is 0. The van der Waals surface area contributed by atoms with Crippen molar-refractivity contribution in [2.45, 2.75) is 290 Å². The van der Waals surface area contributed by atoms with E-state index < -0.39 is 6.10 Å². The van der Waals surface area contributed by atoms with Gasteiger partial charge in [-0.1, -0.05) is 263 Å². The van der Waals surface area contributed by atoms with Crippen molar-refractivity contribution in [3.05, 3.63) is 146 Å². The van der Waals surface area contributed by atoms with Crippen LogP contribution in [0.2, 0.25) is 0 Å². The van der Waals surface area contributed by atoms with Crippen LogP contribution in [0.3, 0.4) is 0 Å². The molecule has 1 atom stereocenters. The van der Waals surface area contributed by atoms with E-state index in [9.17, 15) is 14.4 Å².